The van der Waals surface area contributed by atoms with E-state index in [-0.39, 0.29) is 5.04 Å². The van der Waals surface area contributed by atoms with Crippen molar-refractivity contribution in [3.63, 3.8) is 0 Å². The molecule has 3 heterocycles. The van der Waals surface area contributed by atoms with E-state index in [0.717, 1.165) is 22.5 Å². The lowest BCUT2D eigenvalue weighted by atomic mass is 9.54. The summed E-state index contributed by atoms with van der Waals surface area (Å²) in [6, 6.07) is 32.5. The molecule has 0 bridgehead atoms. The van der Waals surface area contributed by atoms with Crippen LogP contribution in [-0.2, 0) is 31.3 Å². The van der Waals surface area contributed by atoms with Crippen molar-refractivity contribution >= 4 is 20.1 Å². The molecule has 230 valence electrons. The molecule has 2 aliphatic heterocycles. The summed E-state index contributed by atoms with van der Waals surface area (Å²) in [6.07, 6.45) is 1.59. The van der Waals surface area contributed by atoms with Gasteiger partial charge in [-0.3, -0.25) is 0 Å². The van der Waals surface area contributed by atoms with E-state index in [9.17, 15) is 4.79 Å². The van der Waals surface area contributed by atoms with Crippen molar-refractivity contribution < 1.29 is 23.1 Å². The smallest absolute Gasteiger partial charge is 0.419 e. The lowest BCUT2D eigenvalue weighted by molar-refractivity contribution is -0.405. The zero-order valence-electron chi connectivity index (χ0n) is 27.0. The molecule has 0 aliphatic carbocycles. The fourth-order valence-electron chi connectivity index (χ4n) is 6.65. The van der Waals surface area contributed by atoms with Gasteiger partial charge in [-0.1, -0.05) is 99.6 Å². The summed E-state index contributed by atoms with van der Waals surface area (Å²) in [7, 11) is -2.64. The fourth-order valence-corrected chi connectivity index (χ4v) is 7.95. The molecule has 0 N–H and O–H groups in total. The van der Waals surface area contributed by atoms with E-state index in [4.69, 9.17) is 18.3 Å². The van der Waals surface area contributed by atoms with E-state index in [1.54, 1.807) is 11.2 Å². The number of furan rings is 1. The molecule has 3 aromatic carbocycles. The number of rotatable bonds is 6. The number of benzene rings is 3. The summed E-state index contributed by atoms with van der Waals surface area (Å²) in [5, 5.41) is -0.187. The molecule has 0 spiro atoms. The van der Waals surface area contributed by atoms with Crippen molar-refractivity contribution in [1.82, 2.24) is 0 Å². The number of amides is 1. The molecule has 1 fully saturated rings. The zero-order valence-corrected chi connectivity index (χ0v) is 28.0. The zero-order chi connectivity index (χ0) is 31.6. The number of fused-ring (bicyclic) bond motifs is 3. The molecule has 2 atom stereocenters. The first kappa shape index (κ1) is 30.4. The molecule has 0 unspecified atom stereocenters. The minimum atomic E-state index is -2.64. The molecule has 6 nitrogen and oxygen atoms in total. The maximum absolute atomic E-state index is 14.5. The van der Waals surface area contributed by atoms with Gasteiger partial charge >= 0.3 is 6.09 Å². The lowest BCUT2D eigenvalue weighted by Crippen LogP contribution is -2.84. The molecule has 0 saturated carbocycles. The number of hydrogen-bond acceptors (Lipinski definition) is 5. The van der Waals surface area contributed by atoms with Gasteiger partial charge in [-0.15, -0.1) is 0 Å². The molecule has 7 heteroatoms. The summed E-state index contributed by atoms with van der Waals surface area (Å²) >= 11 is 0. The highest BCUT2D eigenvalue weighted by Crippen LogP contribution is 2.74. The second kappa shape index (κ2) is 10.2. The lowest BCUT2D eigenvalue weighted by Gasteiger charge is -2.69. The molecular weight excluding hydrogens is 566 g/mol. The van der Waals surface area contributed by atoms with Gasteiger partial charge < -0.3 is 18.3 Å². The standard InChI is InChI=1S/C37H43NO5Si/c1-33(2,3)41-32(39)38-31-24-16-15-23-30(31)35(26-29-22-17-25-40-29)36(27-18-11-9-12-19-27,28-20-13-10-14-21-28)42-37(35,38)43-44(7,8)34(4,5)6/h9-25H,26H2,1-8H3/t35-,37-/m0/s1. The molecular formula is C37H43NO5Si. The van der Waals surface area contributed by atoms with Gasteiger partial charge in [0.05, 0.1) is 12.0 Å². The number of anilines is 1. The second-order valence-electron chi connectivity index (χ2n) is 14.5. The maximum atomic E-state index is 14.5. The van der Waals surface area contributed by atoms with Crippen LogP contribution < -0.4 is 4.90 Å². The van der Waals surface area contributed by atoms with Crippen LogP contribution in [0.15, 0.2) is 108 Å². The largest absolute Gasteiger partial charge is 0.469 e. The van der Waals surface area contributed by atoms with Crippen molar-refractivity contribution in [3.8, 4) is 0 Å². The summed E-state index contributed by atoms with van der Waals surface area (Å²) in [6.45, 7) is 16.6. The van der Waals surface area contributed by atoms with E-state index in [0.29, 0.717) is 12.1 Å². The van der Waals surface area contributed by atoms with E-state index < -0.39 is 36.9 Å². The Hall–Kier alpha value is -3.65. The Morgan fingerprint density at radius 2 is 1.36 bits per heavy atom. The highest BCUT2D eigenvalue weighted by Gasteiger charge is 2.86. The van der Waals surface area contributed by atoms with Gasteiger partial charge in [0.15, 0.2) is 8.32 Å². The molecule has 0 radical (unpaired) electrons. The van der Waals surface area contributed by atoms with Crippen LogP contribution in [0.25, 0.3) is 0 Å². The Kier molecular flexibility index (Phi) is 7.04. The predicted molar refractivity (Wildman–Crippen MR) is 175 cm³/mol. The second-order valence-corrected chi connectivity index (χ2v) is 19.2. The molecule has 6 rings (SSSR count). The Morgan fingerprint density at radius 1 is 0.795 bits per heavy atom. The first-order valence-electron chi connectivity index (χ1n) is 15.4. The summed E-state index contributed by atoms with van der Waals surface area (Å²) in [4.78, 5) is 16.2. The third kappa shape index (κ3) is 4.31. The molecule has 1 amide bonds. The highest BCUT2D eigenvalue weighted by molar-refractivity contribution is 6.74. The van der Waals surface area contributed by atoms with Crippen LogP contribution in [0.4, 0.5) is 10.5 Å². The topological polar surface area (TPSA) is 61.1 Å². The molecule has 1 aromatic heterocycles. The van der Waals surface area contributed by atoms with E-state index in [1.807, 2.05) is 87.5 Å². The van der Waals surface area contributed by atoms with Gasteiger partial charge in [0, 0.05) is 6.42 Å². The van der Waals surface area contributed by atoms with Crippen LogP contribution in [-0.4, -0.2) is 25.9 Å². The Balaban J connectivity index is 1.74. The summed E-state index contributed by atoms with van der Waals surface area (Å²) in [5.41, 5.74) is 0.832. The number of nitrogens with zero attached hydrogens (tertiary/aromatic N) is 1. The average Bonchev–Trinajstić information content (AvgIpc) is 3.52. The maximum Gasteiger partial charge on any atom is 0.419 e. The monoisotopic (exact) mass is 609 g/mol. The number of ether oxygens (including phenoxy) is 2. The number of carbonyl (C=O) groups excluding carboxylic acids is 1. The third-order valence-electron chi connectivity index (χ3n) is 9.49. The van der Waals surface area contributed by atoms with Crippen LogP contribution >= 0.6 is 0 Å². The Bertz CT molecular complexity index is 1600. The molecule has 4 aromatic rings. The number of hydrogen-bond donors (Lipinski definition) is 0. The molecule has 1 saturated heterocycles. The van der Waals surface area contributed by atoms with Gasteiger partial charge in [-0.2, -0.15) is 0 Å². The predicted octanol–water partition coefficient (Wildman–Crippen LogP) is 9.16. The van der Waals surface area contributed by atoms with Crippen molar-refractivity contribution in [3.05, 3.63) is 126 Å². The van der Waals surface area contributed by atoms with Crippen molar-refractivity contribution in [2.75, 3.05) is 4.90 Å². The summed E-state index contributed by atoms with van der Waals surface area (Å²) < 4.78 is 27.3. The van der Waals surface area contributed by atoms with Crippen molar-refractivity contribution in [1.29, 1.82) is 0 Å². The van der Waals surface area contributed by atoms with E-state index >= 15 is 0 Å². The Morgan fingerprint density at radius 3 is 1.89 bits per heavy atom. The SMILES string of the molecule is CC(C)(C)OC(=O)N1c2ccccc2[C@@]2(Cc3ccco3)C(c3ccccc3)(c3ccccc3)O[C@@]12O[Si](C)(C)C(C)(C)C. The average molecular weight is 610 g/mol. The van der Waals surface area contributed by atoms with E-state index in [1.165, 1.54) is 0 Å². The van der Waals surface area contributed by atoms with Gasteiger partial charge in [-0.05, 0) is 73.8 Å². The van der Waals surface area contributed by atoms with Crippen molar-refractivity contribution in [2.45, 2.75) is 88.6 Å². The fraction of sp³-hybridized carbons (Fsp3) is 0.378. The van der Waals surface area contributed by atoms with Crippen LogP contribution in [0, 0.1) is 0 Å². The van der Waals surface area contributed by atoms with Crippen LogP contribution in [0.1, 0.15) is 64.0 Å². The first-order valence-corrected chi connectivity index (χ1v) is 18.3. The van der Waals surface area contributed by atoms with E-state index in [2.05, 4.69) is 64.2 Å². The van der Waals surface area contributed by atoms with Gasteiger partial charge in [0.25, 0.3) is 5.91 Å². The normalized spacial score (nSPS) is 22.6. The highest BCUT2D eigenvalue weighted by atomic mass is 28.4. The molecule has 2 aliphatic rings. The van der Waals surface area contributed by atoms with Crippen LogP contribution in [0.2, 0.25) is 18.1 Å². The van der Waals surface area contributed by atoms with Crippen molar-refractivity contribution in [2.24, 2.45) is 0 Å². The number of carbonyl (C=O) groups is 1. The first-order chi connectivity index (χ1) is 20.7. The quantitative estimate of drug-likeness (QED) is 0.204. The Labute approximate surface area is 262 Å². The van der Waals surface area contributed by atoms with Gasteiger partial charge in [0.1, 0.15) is 22.4 Å². The van der Waals surface area contributed by atoms with Gasteiger partial charge in [-0.25, -0.2) is 9.69 Å². The van der Waals surface area contributed by atoms with Gasteiger partial charge in [0.2, 0.25) is 0 Å². The molecule has 44 heavy (non-hydrogen) atoms. The summed E-state index contributed by atoms with van der Waals surface area (Å²) in [5.74, 6) is -0.769. The van der Waals surface area contributed by atoms with Crippen LogP contribution in [0.3, 0.4) is 0 Å². The number of para-hydroxylation sites is 1. The minimum Gasteiger partial charge on any atom is -0.469 e. The van der Waals surface area contributed by atoms with Crippen LogP contribution in [0.5, 0.6) is 0 Å². The minimum absolute atomic E-state index is 0.187. The third-order valence-corrected chi connectivity index (χ3v) is 13.9.